The number of esters is 1. The summed E-state index contributed by atoms with van der Waals surface area (Å²) >= 11 is 0.909. The summed E-state index contributed by atoms with van der Waals surface area (Å²) in [6, 6.07) is 0. The maximum atomic E-state index is 13.1. The van der Waals surface area contributed by atoms with Crippen molar-refractivity contribution in [3.63, 3.8) is 0 Å². The molecule has 0 aromatic rings. The first-order chi connectivity index (χ1) is 10.0. The maximum absolute atomic E-state index is 13.1. The normalized spacial score (nSPS) is 24.8. The minimum atomic E-state index is -4.80. The van der Waals surface area contributed by atoms with E-state index >= 15 is 0 Å². The van der Waals surface area contributed by atoms with Gasteiger partial charge in [0.2, 0.25) is 0 Å². The van der Waals surface area contributed by atoms with E-state index < -0.39 is 22.8 Å². The fraction of sp³-hybridized carbons (Fsp3) is 0.667. The van der Waals surface area contributed by atoms with Crippen molar-refractivity contribution < 1.29 is 27.4 Å². The van der Waals surface area contributed by atoms with E-state index in [1.54, 1.807) is 0 Å². The predicted molar refractivity (Wildman–Crippen MR) is 77.6 cm³/mol. The Morgan fingerprint density at radius 1 is 1.32 bits per heavy atom. The number of hydrogen-bond donors (Lipinski definition) is 0. The van der Waals surface area contributed by atoms with Crippen molar-refractivity contribution in [1.82, 2.24) is 0 Å². The average Bonchev–Trinajstić information content (AvgIpc) is 2.77. The Balaban J connectivity index is 2.27. The van der Waals surface area contributed by atoms with Crippen molar-refractivity contribution in [2.45, 2.75) is 46.2 Å². The largest absolute Gasteiger partial charge is 0.465 e. The van der Waals surface area contributed by atoms with E-state index in [1.807, 2.05) is 0 Å². The Labute approximate surface area is 131 Å². The Kier molecular flexibility index (Phi) is 4.57. The van der Waals surface area contributed by atoms with Gasteiger partial charge in [0.15, 0.2) is 10.7 Å². The molecule has 0 fully saturated rings. The van der Waals surface area contributed by atoms with E-state index in [0.717, 1.165) is 30.2 Å². The van der Waals surface area contributed by atoms with Gasteiger partial charge in [-0.2, -0.15) is 13.2 Å². The lowest BCUT2D eigenvalue weighted by Gasteiger charge is -2.33. The van der Waals surface area contributed by atoms with Crippen molar-refractivity contribution in [1.29, 1.82) is 0 Å². The summed E-state index contributed by atoms with van der Waals surface area (Å²) in [5, 5.41) is -0.404. The zero-order chi connectivity index (χ0) is 16.7. The van der Waals surface area contributed by atoms with Crippen molar-refractivity contribution in [3.05, 3.63) is 21.3 Å². The molecular weight excluding hydrogens is 317 g/mol. The van der Waals surface area contributed by atoms with E-state index in [9.17, 15) is 18.0 Å². The standard InChI is InChI=1S/C15H19F3O3S/c1-14(2,3)8-5-6-9-10(7-8)22-13(21-9)11(12(19)20-4)15(16,17)18/h8H,5-7H2,1-4H3/b13-11+. The second-order valence-corrected chi connectivity index (χ2v) is 7.58. The lowest BCUT2D eigenvalue weighted by Crippen LogP contribution is -2.23. The van der Waals surface area contributed by atoms with E-state index in [1.165, 1.54) is 0 Å². The Morgan fingerprint density at radius 3 is 2.45 bits per heavy atom. The smallest absolute Gasteiger partial charge is 0.427 e. The van der Waals surface area contributed by atoms with Crippen LogP contribution >= 0.6 is 11.8 Å². The molecule has 0 N–H and O–H groups in total. The van der Waals surface area contributed by atoms with Crippen molar-refractivity contribution >= 4 is 17.7 Å². The molecule has 0 bridgehead atoms. The van der Waals surface area contributed by atoms with Gasteiger partial charge in [0.05, 0.1) is 7.11 Å². The van der Waals surface area contributed by atoms with Gasteiger partial charge in [-0.05, 0) is 24.2 Å². The third-order valence-electron chi connectivity index (χ3n) is 4.00. The third-order valence-corrected chi connectivity index (χ3v) is 5.11. The summed E-state index contributed by atoms with van der Waals surface area (Å²) in [6.07, 6.45) is -2.65. The van der Waals surface area contributed by atoms with Crippen molar-refractivity contribution in [2.75, 3.05) is 7.11 Å². The van der Waals surface area contributed by atoms with Gasteiger partial charge < -0.3 is 9.47 Å². The molecule has 1 unspecified atom stereocenters. The minimum absolute atomic E-state index is 0.0841. The molecule has 0 saturated carbocycles. The second kappa shape index (κ2) is 5.83. The number of rotatable bonds is 1. The van der Waals surface area contributed by atoms with Gasteiger partial charge in [0, 0.05) is 11.3 Å². The second-order valence-electron chi connectivity index (χ2n) is 6.51. The highest BCUT2D eigenvalue weighted by atomic mass is 32.2. The van der Waals surface area contributed by atoms with Crippen LogP contribution in [0.1, 0.15) is 40.0 Å². The van der Waals surface area contributed by atoms with Crippen LogP contribution in [0.5, 0.6) is 0 Å². The van der Waals surface area contributed by atoms with Crippen LogP contribution in [-0.2, 0) is 14.3 Å². The van der Waals surface area contributed by atoms with Crippen LogP contribution in [0, 0.1) is 11.3 Å². The number of alkyl halides is 3. The zero-order valence-electron chi connectivity index (χ0n) is 13.0. The first-order valence-electron chi connectivity index (χ1n) is 7.01. The molecule has 0 aromatic heterocycles. The van der Waals surface area contributed by atoms with E-state index in [4.69, 9.17) is 4.74 Å². The molecule has 2 rings (SSSR count). The van der Waals surface area contributed by atoms with Crippen LogP contribution < -0.4 is 0 Å². The first-order valence-corrected chi connectivity index (χ1v) is 7.83. The molecule has 0 spiro atoms. The summed E-state index contributed by atoms with van der Waals surface area (Å²) in [7, 11) is 0.928. The van der Waals surface area contributed by atoms with Crippen LogP contribution in [0.3, 0.4) is 0 Å². The van der Waals surface area contributed by atoms with Crippen LogP contribution in [0.25, 0.3) is 0 Å². The van der Waals surface area contributed by atoms with Crippen LogP contribution in [-0.4, -0.2) is 19.3 Å². The topological polar surface area (TPSA) is 35.5 Å². The van der Waals surface area contributed by atoms with E-state index in [-0.39, 0.29) is 5.41 Å². The molecule has 22 heavy (non-hydrogen) atoms. The molecule has 0 radical (unpaired) electrons. The number of methoxy groups -OCH3 is 1. The Bertz CT molecular complexity index is 541. The van der Waals surface area contributed by atoms with Gasteiger partial charge in [-0.3, -0.25) is 0 Å². The Hall–Kier alpha value is -1.11. The Morgan fingerprint density at radius 2 is 1.95 bits per heavy atom. The highest BCUT2D eigenvalue weighted by molar-refractivity contribution is 8.06. The number of carbonyl (C=O) groups excluding carboxylic acids is 1. The first kappa shape index (κ1) is 17.2. The molecule has 3 nitrogen and oxygen atoms in total. The molecule has 2 aliphatic rings. The number of ether oxygens (including phenoxy) is 2. The summed E-state index contributed by atoms with van der Waals surface area (Å²) in [4.78, 5) is 12.3. The molecular formula is C15H19F3O3S. The molecule has 0 amide bonds. The zero-order valence-corrected chi connectivity index (χ0v) is 13.8. The highest BCUT2D eigenvalue weighted by Crippen LogP contribution is 2.52. The maximum Gasteiger partial charge on any atom is 0.427 e. The third kappa shape index (κ3) is 3.45. The molecule has 1 aliphatic heterocycles. The predicted octanol–water partition coefficient (Wildman–Crippen LogP) is 4.75. The summed E-state index contributed by atoms with van der Waals surface area (Å²) in [6.45, 7) is 6.36. The summed E-state index contributed by atoms with van der Waals surface area (Å²) in [5.41, 5.74) is -1.28. The van der Waals surface area contributed by atoms with E-state index in [0.29, 0.717) is 24.5 Å². The van der Waals surface area contributed by atoms with Gasteiger partial charge in [0.1, 0.15) is 5.76 Å². The van der Waals surface area contributed by atoms with Gasteiger partial charge in [-0.25, -0.2) is 4.79 Å². The fourth-order valence-electron chi connectivity index (χ4n) is 2.59. The average molecular weight is 336 g/mol. The summed E-state index contributed by atoms with van der Waals surface area (Å²) < 4.78 is 48.8. The van der Waals surface area contributed by atoms with Crippen LogP contribution in [0.15, 0.2) is 21.3 Å². The molecule has 0 saturated heterocycles. The quantitative estimate of drug-likeness (QED) is 0.511. The number of allylic oxidation sites excluding steroid dienone is 2. The molecule has 1 aliphatic carbocycles. The van der Waals surface area contributed by atoms with Crippen molar-refractivity contribution in [3.8, 4) is 0 Å². The molecule has 0 aromatic carbocycles. The van der Waals surface area contributed by atoms with Gasteiger partial charge in [-0.15, -0.1) is 0 Å². The SMILES string of the molecule is COC(=O)/C(=C1/OC2=C(CC(C(C)(C)C)CC2)S1)C(F)(F)F. The summed E-state index contributed by atoms with van der Waals surface area (Å²) in [5.74, 6) is -0.470. The number of thioether (sulfide) groups is 1. The molecule has 7 heteroatoms. The number of halogens is 3. The number of carbonyl (C=O) groups is 1. The van der Waals surface area contributed by atoms with Crippen molar-refractivity contribution in [2.24, 2.45) is 11.3 Å². The lowest BCUT2D eigenvalue weighted by atomic mass is 9.74. The lowest BCUT2D eigenvalue weighted by molar-refractivity contribution is -0.148. The fourth-order valence-corrected chi connectivity index (χ4v) is 3.80. The number of hydrogen-bond acceptors (Lipinski definition) is 4. The van der Waals surface area contributed by atoms with E-state index in [2.05, 4.69) is 25.5 Å². The van der Waals surface area contributed by atoms with Gasteiger partial charge in [-0.1, -0.05) is 32.5 Å². The highest BCUT2D eigenvalue weighted by Gasteiger charge is 2.46. The molecule has 1 atom stereocenters. The van der Waals surface area contributed by atoms with Gasteiger partial charge in [0.25, 0.3) is 0 Å². The molecule has 124 valence electrons. The van der Waals surface area contributed by atoms with Crippen LogP contribution in [0.2, 0.25) is 0 Å². The van der Waals surface area contributed by atoms with Crippen LogP contribution in [0.4, 0.5) is 13.2 Å². The molecule has 1 heterocycles. The monoisotopic (exact) mass is 336 g/mol. The minimum Gasteiger partial charge on any atom is -0.465 e. The van der Waals surface area contributed by atoms with Gasteiger partial charge >= 0.3 is 12.1 Å².